The SMILES string of the molecule is CC(C(=O)NC1(C#N)CCCCC1)N1CCC2(CCOCC2)C1C. The van der Waals surface area contributed by atoms with Gasteiger partial charge >= 0.3 is 0 Å². The highest BCUT2D eigenvalue weighted by Crippen LogP contribution is 2.45. The summed E-state index contributed by atoms with van der Waals surface area (Å²) in [6.07, 6.45) is 8.16. The van der Waals surface area contributed by atoms with Gasteiger partial charge in [-0.3, -0.25) is 9.69 Å². The molecule has 1 amide bonds. The molecule has 0 aromatic rings. The minimum atomic E-state index is -0.636. The Balaban J connectivity index is 1.64. The highest BCUT2D eigenvalue weighted by molar-refractivity contribution is 5.82. The summed E-state index contributed by atoms with van der Waals surface area (Å²) < 4.78 is 5.54. The van der Waals surface area contributed by atoms with E-state index in [-0.39, 0.29) is 11.9 Å². The molecule has 1 spiro atoms. The summed E-state index contributed by atoms with van der Waals surface area (Å²) in [5.74, 6) is 0.0226. The molecule has 3 rings (SSSR count). The summed E-state index contributed by atoms with van der Waals surface area (Å²) in [4.78, 5) is 15.2. The average Bonchev–Trinajstić information content (AvgIpc) is 2.92. The molecule has 3 fully saturated rings. The number of rotatable bonds is 3. The van der Waals surface area contributed by atoms with Crippen molar-refractivity contribution in [3.8, 4) is 6.07 Å². The second-order valence-electron chi connectivity index (χ2n) is 8.06. The standard InChI is InChI=1S/C19H31N3O2/c1-15(17(23)21-19(14-20)6-4-3-5-7-19)22-11-8-18(16(22)2)9-12-24-13-10-18/h15-16H,3-13H2,1-2H3,(H,21,23). The Hall–Kier alpha value is -1.12. The fourth-order valence-corrected chi connectivity index (χ4v) is 4.99. The molecule has 2 saturated heterocycles. The van der Waals surface area contributed by atoms with Gasteiger partial charge in [0.1, 0.15) is 5.54 Å². The number of hydrogen-bond donors (Lipinski definition) is 1. The zero-order valence-corrected chi connectivity index (χ0v) is 15.1. The lowest BCUT2D eigenvalue weighted by molar-refractivity contribution is -0.128. The van der Waals surface area contributed by atoms with Crippen molar-refractivity contribution in [1.29, 1.82) is 5.26 Å². The molecule has 1 N–H and O–H groups in total. The third kappa shape index (κ3) is 3.19. The van der Waals surface area contributed by atoms with E-state index in [1.54, 1.807) is 0 Å². The number of nitriles is 1. The highest BCUT2D eigenvalue weighted by Gasteiger charge is 2.48. The van der Waals surface area contributed by atoms with E-state index in [2.05, 4.69) is 23.2 Å². The number of ether oxygens (including phenoxy) is 1. The monoisotopic (exact) mass is 333 g/mol. The molecule has 1 aliphatic carbocycles. The maximum Gasteiger partial charge on any atom is 0.238 e. The fraction of sp³-hybridized carbons (Fsp3) is 0.895. The second-order valence-corrected chi connectivity index (χ2v) is 8.06. The third-order valence-corrected chi connectivity index (χ3v) is 6.90. The molecule has 5 nitrogen and oxygen atoms in total. The van der Waals surface area contributed by atoms with E-state index in [1.807, 2.05) is 6.92 Å². The van der Waals surface area contributed by atoms with Crippen molar-refractivity contribution in [3.63, 3.8) is 0 Å². The lowest BCUT2D eigenvalue weighted by Crippen LogP contribution is -2.56. The van der Waals surface area contributed by atoms with Crippen LogP contribution in [0, 0.1) is 16.7 Å². The van der Waals surface area contributed by atoms with E-state index in [0.29, 0.717) is 11.5 Å². The predicted octanol–water partition coefficient (Wildman–Crippen LogP) is 2.61. The Kier molecular flexibility index (Phi) is 5.17. The molecular weight excluding hydrogens is 302 g/mol. The molecule has 0 radical (unpaired) electrons. The summed E-state index contributed by atoms with van der Waals surface area (Å²) in [6.45, 7) is 6.92. The van der Waals surface area contributed by atoms with E-state index >= 15 is 0 Å². The van der Waals surface area contributed by atoms with Gasteiger partial charge in [0.15, 0.2) is 0 Å². The first kappa shape index (κ1) is 17.7. The van der Waals surface area contributed by atoms with Gasteiger partial charge in [0.25, 0.3) is 0 Å². The van der Waals surface area contributed by atoms with Gasteiger partial charge in [0.2, 0.25) is 5.91 Å². The van der Waals surface area contributed by atoms with Crippen LogP contribution < -0.4 is 5.32 Å². The molecule has 134 valence electrons. The van der Waals surface area contributed by atoms with Crippen LogP contribution in [0.15, 0.2) is 0 Å². The first-order chi connectivity index (χ1) is 11.5. The molecule has 3 aliphatic rings. The van der Waals surface area contributed by atoms with Crippen molar-refractivity contribution in [2.75, 3.05) is 19.8 Å². The summed E-state index contributed by atoms with van der Waals surface area (Å²) in [5, 5.41) is 12.7. The number of hydrogen-bond acceptors (Lipinski definition) is 4. The summed E-state index contributed by atoms with van der Waals surface area (Å²) in [7, 11) is 0. The maximum atomic E-state index is 12.9. The molecule has 5 heteroatoms. The van der Waals surface area contributed by atoms with E-state index in [1.165, 1.54) is 6.42 Å². The van der Waals surface area contributed by atoms with Crippen molar-refractivity contribution in [1.82, 2.24) is 10.2 Å². The largest absolute Gasteiger partial charge is 0.381 e. The van der Waals surface area contributed by atoms with E-state index < -0.39 is 5.54 Å². The average molecular weight is 333 g/mol. The minimum Gasteiger partial charge on any atom is -0.381 e. The number of nitrogens with zero attached hydrogens (tertiary/aromatic N) is 2. The first-order valence-electron chi connectivity index (χ1n) is 9.59. The van der Waals surface area contributed by atoms with Crippen LogP contribution in [-0.2, 0) is 9.53 Å². The number of amides is 1. The van der Waals surface area contributed by atoms with Gasteiger partial charge in [-0.15, -0.1) is 0 Å². The molecule has 2 unspecified atom stereocenters. The van der Waals surface area contributed by atoms with Gasteiger partial charge in [0, 0.05) is 19.3 Å². The number of carbonyl (C=O) groups excluding carboxylic acids is 1. The van der Waals surface area contributed by atoms with Crippen molar-refractivity contribution >= 4 is 5.91 Å². The predicted molar refractivity (Wildman–Crippen MR) is 92.3 cm³/mol. The Morgan fingerprint density at radius 2 is 1.88 bits per heavy atom. The van der Waals surface area contributed by atoms with Crippen LogP contribution in [0.5, 0.6) is 0 Å². The summed E-state index contributed by atoms with van der Waals surface area (Å²) in [5.41, 5.74) is -0.326. The topological polar surface area (TPSA) is 65.4 Å². The molecular formula is C19H31N3O2. The van der Waals surface area contributed by atoms with Crippen LogP contribution in [0.4, 0.5) is 0 Å². The number of carbonyl (C=O) groups is 1. The summed E-state index contributed by atoms with van der Waals surface area (Å²) in [6, 6.07) is 2.62. The van der Waals surface area contributed by atoms with Crippen LogP contribution in [-0.4, -0.2) is 48.2 Å². The zero-order valence-electron chi connectivity index (χ0n) is 15.1. The van der Waals surface area contributed by atoms with Crippen LogP contribution in [0.2, 0.25) is 0 Å². The van der Waals surface area contributed by atoms with Gasteiger partial charge in [-0.25, -0.2) is 0 Å². The number of likely N-dealkylation sites (tertiary alicyclic amines) is 1. The van der Waals surface area contributed by atoms with Gasteiger partial charge in [-0.05, 0) is 57.9 Å². The third-order valence-electron chi connectivity index (χ3n) is 6.90. The Bertz CT molecular complexity index is 501. The van der Waals surface area contributed by atoms with Crippen LogP contribution in [0.1, 0.15) is 65.2 Å². The van der Waals surface area contributed by atoms with Gasteiger partial charge in [-0.1, -0.05) is 19.3 Å². The molecule has 24 heavy (non-hydrogen) atoms. The molecule has 2 aliphatic heterocycles. The van der Waals surface area contributed by atoms with Crippen molar-refractivity contribution in [2.24, 2.45) is 5.41 Å². The Morgan fingerprint density at radius 3 is 2.50 bits per heavy atom. The normalized spacial score (nSPS) is 30.6. The van der Waals surface area contributed by atoms with Crippen molar-refractivity contribution in [2.45, 2.75) is 82.8 Å². The van der Waals surface area contributed by atoms with Gasteiger partial charge in [0.05, 0.1) is 12.1 Å². The first-order valence-corrected chi connectivity index (χ1v) is 9.59. The molecule has 0 bridgehead atoms. The summed E-state index contributed by atoms with van der Waals surface area (Å²) >= 11 is 0. The Morgan fingerprint density at radius 1 is 1.21 bits per heavy atom. The lowest BCUT2D eigenvalue weighted by atomic mass is 9.74. The molecule has 0 aromatic heterocycles. The molecule has 2 atom stereocenters. The Labute approximate surface area is 145 Å². The smallest absolute Gasteiger partial charge is 0.238 e. The van der Waals surface area contributed by atoms with Crippen LogP contribution >= 0.6 is 0 Å². The van der Waals surface area contributed by atoms with E-state index in [9.17, 15) is 10.1 Å². The van der Waals surface area contributed by atoms with Crippen LogP contribution in [0.3, 0.4) is 0 Å². The van der Waals surface area contributed by atoms with E-state index in [0.717, 1.165) is 64.7 Å². The molecule has 0 aromatic carbocycles. The quantitative estimate of drug-likeness (QED) is 0.862. The molecule has 2 heterocycles. The number of nitrogens with one attached hydrogen (secondary N) is 1. The minimum absolute atomic E-state index is 0.0226. The molecule has 1 saturated carbocycles. The fourth-order valence-electron chi connectivity index (χ4n) is 4.99. The lowest BCUT2D eigenvalue weighted by Gasteiger charge is -2.41. The van der Waals surface area contributed by atoms with Crippen LogP contribution in [0.25, 0.3) is 0 Å². The second kappa shape index (κ2) is 7.01. The van der Waals surface area contributed by atoms with E-state index in [4.69, 9.17) is 4.74 Å². The van der Waals surface area contributed by atoms with Crippen molar-refractivity contribution in [3.05, 3.63) is 0 Å². The zero-order chi connectivity index (χ0) is 17.2. The van der Waals surface area contributed by atoms with Crippen molar-refractivity contribution < 1.29 is 9.53 Å². The highest BCUT2D eigenvalue weighted by atomic mass is 16.5. The van der Waals surface area contributed by atoms with Gasteiger partial charge < -0.3 is 10.1 Å². The van der Waals surface area contributed by atoms with Gasteiger partial charge in [-0.2, -0.15) is 5.26 Å². The maximum absolute atomic E-state index is 12.9.